The first-order valence-electron chi connectivity index (χ1n) is 14.1. The second kappa shape index (κ2) is 12.4. The van der Waals surface area contributed by atoms with Gasteiger partial charge in [-0.25, -0.2) is 9.79 Å². The Bertz CT molecular complexity index is 1780. The van der Waals surface area contributed by atoms with Crippen LogP contribution in [0.3, 0.4) is 0 Å². The van der Waals surface area contributed by atoms with Gasteiger partial charge in [0.2, 0.25) is 0 Å². The molecule has 1 fully saturated rings. The summed E-state index contributed by atoms with van der Waals surface area (Å²) < 4.78 is 18.3. The predicted molar refractivity (Wildman–Crippen MR) is 164 cm³/mol. The van der Waals surface area contributed by atoms with Crippen LogP contribution < -0.4 is 29.3 Å². The highest BCUT2D eigenvalue weighted by Crippen LogP contribution is 2.38. The highest BCUT2D eigenvalue weighted by atomic mass is 32.1. The van der Waals surface area contributed by atoms with Crippen molar-refractivity contribution in [3.63, 3.8) is 0 Å². The minimum atomic E-state index is -0.907. The van der Waals surface area contributed by atoms with Crippen molar-refractivity contribution in [1.29, 1.82) is 0 Å². The Kier molecular flexibility index (Phi) is 8.67. The summed E-state index contributed by atoms with van der Waals surface area (Å²) >= 11 is 1.16. The summed E-state index contributed by atoms with van der Waals surface area (Å²) in [6.07, 6.45) is 3.71. The number of ether oxygens (including phenoxy) is 3. The van der Waals surface area contributed by atoms with Crippen LogP contribution in [0, 0.1) is 16.0 Å². The maximum Gasteiger partial charge on any atom is 0.338 e. The van der Waals surface area contributed by atoms with Crippen LogP contribution in [0.1, 0.15) is 50.8 Å². The van der Waals surface area contributed by atoms with Gasteiger partial charge in [0.05, 0.1) is 41.6 Å². The number of aromatic nitrogens is 1. The Labute approximate surface area is 252 Å². The number of esters is 1. The molecular formula is C31H34N4O7S. The number of nitro groups is 1. The normalized spacial score (nSPS) is 17.4. The van der Waals surface area contributed by atoms with E-state index < -0.39 is 22.5 Å². The summed E-state index contributed by atoms with van der Waals surface area (Å²) in [4.78, 5) is 46.0. The zero-order valence-electron chi connectivity index (χ0n) is 24.8. The highest BCUT2D eigenvalue weighted by Gasteiger charge is 2.35. The van der Waals surface area contributed by atoms with Crippen molar-refractivity contribution in [2.75, 3.05) is 38.8 Å². The van der Waals surface area contributed by atoms with Gasteiger partial charge in [-0.1, -0.05) is 18.3 Å². The maximum absolute atomic E-state index is 14.2. The van der Waals surface area contributed by atoms with E-state index in [4.69, 9.17) is 14.2 Å². The number of rotatable bonds is 8. The molecule has 1 aromatic heterocycles. The molecule has 1 atom stereocenters. The molecule has 0 saturated carbocycles. The van der Waals surface area contributed by atoms with Crippen LogP contribution in [-0.2, 0) is 9.53 Å². The van der Waals surface area contributed by atoms with Crippen molar-refractivity contribution >= 4 is 34.8 Å². The number of nitro benzene ring substituents is 1. The number of nitrogens with zero attached hydrogens (tertiary/aromatic N) is 4. The van der Waals surface area contributed by atoms with Gasteiger partial charge in [-0.2, -0.15) is 0 Å². The van der Waals surface area contributed by atoms with Gasteiger partial charge in [0.1, 0.15) is 17.5 Å². The SMILES string of the molecule is CCOC(=O)C1=C(C)N=c2s/c(=C/c3cc([N+](=O)[O-])ccc3N3CCC(C)CC3)c(=O)n2[C@@H]1c1cc(OC)ccc1OC. The molecule has 11 nitrogen and oxygen atoms in total. The Morgan fingerprint density at radius 3 is 2.56 bits per heavy atom. The van der Waals surface area contributed by atoms with Crippen molar-refractivity contribution in [3.8, 4) is 11.5 Å². The molecule has 2 aromatic carbocycles. The van der Waals surface area contributed by atoms with Crippen LogP contribution in [0.15, 0.2) is 57.5 Å². The predicted octanol–water partition coefficient (Wildman–Crippen LogP) is 3.96. The van der Waals surface area contributed by atoms with E-state index in [1.807, 2.05) is 0 Å². The Morgan fingerprint density at radius 1 is 1.16 bits per heavy atom. The van der Waals surface area contributed by atoms with Crippen LogP contribution in [0.4, 0.5) is 11.4 Å². The van der Waals surface area contributed by atoms with Gasteiger partial charge in [-0.05, 0) is 62.9 Å². The second-order valence-electron chi connectivity index (χ2n) is 10.6. The fourth-order valence-corrected chi connectivity index (χ4v) is 6.63. The molecule has 0 N–H and O–H groups in total. The average Bonchev–Trinajstić information content (AvgIpc) is 3.30. The molecule has 1 saturated heterocycles. The van der Waals surface area contributed by atoms with E-state index in [2.05, 4.69) is 16.8 Å². The molecule has 3 aromatic rings. The molecule has 2 aliphatic heterocycles. The van der Waals surface area contributed by atoms with Crippen molar-refractivity contribution in [2.24, 2.45) is 10.9 Å². The van der Waals surface area contributed by atoms with E-state index in [1.54, 1.807) is 44.2 Å². The van der Waals surface area contributed by atoms with Crippen LogP contribution in [-0.4, -0.2) is 49.4 Å². The first-order valence-corrected chi connectivity index (χ1v) is 14.9. The number of carbonyl (C=O) groups excluding carboxylic acids is 1. The zero-order chi connectivity index (χ0) is 30.8. The molecule has 0 bridgehead atoms. The van der Waals surface area contributed by atoms with E-state index in [0.717, 1.165) is 43.0 Å². The lowest BCUT2D eigenvalue weighted by atomic mass is 9.94. The summed E-state index contributed by atoms with van der Waals surface area (Å²) in [7, 11) is 3.05. The summed E-state index contributed by atoms with van der Waals surface area (Å²) in [5, 5.41) is 11.7. The van der Waals surface area contributed by atoms with E-state index in [0.29, 0.717) is 43.6 Å². The number of hydrogen-bond donors (Lipinski definition) is 0. The summed E-state index contributed by atoms with van der Waals surface area (Å²) in [6.45, 7) is 7.42. The van der Waals surface area contributed by atoms with E-state index >= 15 is 0 Å². The second-order valence-corrected chi connectivity index (χ2v) is 11.6. The maximum atomic E-state index is 14.2. The standard InChI is InChI=1S/C31H34N4O7S/c1-6-42-30(37)27-19(3)32-31-34(28(27)23-17-22(40-4)8-10-25(23)41-5)29(36)26(43-31)16-20-15-21(35(38)39)7-9-24(20)33-13-11-18(2)12-14-33/h7-10,15-18,28H,6,11-14H2,1-5H3/b26-16+/t28-/m1/s1. The van der Waals surface area contributed by atoms with E-state index in [-0.39, 0.29) is 17.9 Å². The lowest BCUT2D eigenvalue weighted by Gasteiger charge is -2.33. The summed E-state index contributed by atoms with van der Waals surface area (Å²) in [5.41, 5.74) is 2.12. The van der Waals surface area contributed by atoms with Gasteiger partial charge in [0, 0.05) is 42.0 Å². The number of carbonyl (C=O) groups is 1. The third kappa shape index (κ3) is 5.79. The number of fused-ring (bicyclic) bond motifs is 1. The van der Waals surface area contributed by atoms with Gasteiger partial charge >= 0.3 is 5.97 Å². The fourth-order valence-electron chi connectivity index (χ4n) is 5.59. The first-order chi connectivity index (χ1) is 20.7. The third-order valence-electron chi connectivity index (χ3n) is 7.88. The fraction of sp³-hybridized carbons (Fsp3) is 0.387. The van der Waals surface area contributed by atoms with E-state index in [9.17, 15) is 19.7 Å². The van der Waals surface area contributed by atoms with Crippen molar-refractivity contribution in [2.45, 2.75) is 39.7 Å². The van der Waals surface area contributed by atoms with Crippen LogP contribution in [0.2, 0.25) is 0 Å². The van der Waals surface area contributed by atoms with Gasteiger partial charge in [0.25, 0.3) is 11.2 Å². The Balaban J connectivity index is 1.74. The zero-order valence-corrected chi connectivity index (χ0v) is 25.6. The first kappa shape index (κ1) is 30.0. The number of anilines is 1. The molecule has 0 radical (unpaired) electrons. The number of allylic oxidation sites excluding steroid dienone is 1. The van der Waals surface area contributed by atoms with Gasteiger partial charge in [-0.3, -0.25) is 19.5 Å². The molecule has 3 heterocycles. The average molecular weight is 607 g/mol. The van der Waals surface area contributed by atoms with Gasteiger partial charge in [0.15, 0.2) is 4.80 Å². The Morgan fingerprint density at radius 2 is 1.91 bits per heavy atom. The minimum Gasteiger partial charge on any atom is -0.497 e. The number of non-ortho nitro benzene ring substituents is 1. The lowest BCUT2D eigenvalue weighted by Crippen LogP contribution is -2.40. The molecule has 43 heavy (non-hydrogen) atoms. The van der Waals surface area contributed by atoms with Crippen molar-refractivity contribution in [3.05, 3.63) is 88.6 Å². The quantitative estimate of drug-likeness (QED) is 0.214. The van der Waals surface area contributed by atoms with Crippen molar-refractivity contribution < 1.29 is 23.9 Å². The molecule has 226 valence electrons. The monoisotopic (exact) mass is 606 g/mol. The molecule has 0 aliphatic carbocycles. The number of piperidine rings is 1. The number of methoxy groups -OCH3 is 2. The minimum absolute atomic E-state index is 0.0624. The highest BCUT2D eigenvalue weighted by molar-refractivity contribution is 7.07. The number of benzene rings is 2. The molecule has 2 aliphatic rings. The molecule has 0 amide bonds. The number of hydrogen-bond acceptors (Lipinski definition) is 10. The van der Waals surface area contributed by atoms with Gasteiger partial charge < -0.3 is 19.1 Å². The molecular weight excluding hydrogens is 572 g/mol. The third-order valence-corrected chi connectivity index (χ3v) is 8.86. The van der Waals surface area contributed by atoms with E-state index in [1.165, 1.54) is 30.9 Å². The smallest absolute Gasteiger partial charge is 0.338 e. The largest absolute Gasteiger partial charge is 0.497 e. The van der Waals surface area contributed by atoms with Crippen LogP contribution in [0.5, 0.6) is 11.5 Å². The summed E-state index contributed by atoms with van der Waals surface area (Å²) in [5.74, 6) is 0.991. The topological polar surface area (TPSA) is 126 Å². The number of thiazole rings is 1. The van der Waals surface area contributed by atoms with Crippen LogP contribution >= 0.6 is 11.3 Å². The molecule has 5 rings (SSSR count). The summed E-state index contributed by atoms with van der Waals surface area (Å²) in [6, 6.07) is 9.03. The Hall–Kier alpha value is -4.45. The lowest BCUT2D eigenvalue weighted by molar-refractivity contribution is -0.384. The van der Waals surface area contributed by atoms with Crippen LogP contribution in [0.25, 0.3) is 6.08 Å². The molecule has 12 heteroatoms. The molecule has 0 unspecified atom stereocenters. The van der Waals surface area contributed by atoms with Crippen molar-refractivity contribution in [1.82, 2.24) is 4.57 Å². The molecule has 0 spiro atoms. The van der Waals surface area contributed by atoms with Gasteiger partial charge in [-0.15, -0.1) is 0 Å².